The van der Waals surface area contributed by atoms with Crippen LogP contribution in [0.25, 0.3) is 6.08 Å². The number of hydrogen-bond donors (Lipinski definition) is 1. The number of nitrogens with two attached hydrogens (primary N) is 1. The van der Waals surface area contributed by atoms with Crippen molar-refractivity contribution in [3.05, 3.63) is 70.0 Å². The number of halogens is 1. The van der Waals surface area contributed by atoms with Crippen LogP contribution in [0.4, 0.5) is 0 Å². The summed E-state index contributed by atoms with van der Waals surface area (Å²) in [6.45, 7) is 3.65. The van der Waals surface area contributed by atoms with Gasteiger partial charge in [0.15, 0.2) is 5.84 Å². The van der Waals surface area contributed by atoms with E-state index in [0.717, 1.165) is 16.8 Å². The smallest absolute Gasteiger partial charge is 0.358 e. The van der Waals surface area contributed by atoms with E-state index in [1.807, 2.05) is 50.2 Å². The highest BCUT2D eigenvalue weighted by molar-refractivity contribution is 6.33. The van der Waals surface area contributed by atoms with E-state index in [1.165, 1.54) is 6.08 Å². The summed E-state index contributed by atoms with van der Waals surface area (Å²) in [4.78, 5) is 20.5. The van der Waals surface area contributed by atoms with Crippen molar-refractivity contribution < 1.29 is 9.63 Å². The second-order valence-electron chi connectivity index (χ2n) is 4.88. The Bertz CT molecular complexity index is 748. The first kappa shape index (κ1) is 16.7. The number of pyridine rings is 1. The molecule has 2 rings (SSSR count). The molecule has 1 aromatic heterocycles. The number of carbonyl (C=O) groups excluding carboxylic acids is 1. The highest BCUT2D eigenvalue weighted by Gasteiger charge is 2.12. The minimum Gasteiger partial charge on any atom is -0.380 e. The van der Waals surface area contributed by atoms with Gasteiger partial charge in [0.05, 0.1) is 5.56 Å². The van der Waals surface area contributed by atoms with Crippen LogP contribution in [0.2, 0.25) is 5.15 Å². The van der Waals surface area contributed by atoms with Gasteiger partial charge in [-0.25, -0.2) is 9.78 Å². The van der Waals surface area contributed by atoms with Crippen LogP contribution in [0, 0.1) is 13.8 Å². The number of oxime groups is 1. The van der Waals surface area contributed by atoms with Crippen LogP contribution in [0.5, 0.6) is 0 Å². The molecule has 0 radical (unpaired) electrons. The average Bonchev–Trinajstić information content (AvgIpc) is 2.51. The van der Waals surface area contributed by atoms with Crippen LogP contribution in [0.15, 0.2) is 47.6 Å². The molecule has 1 heterocycles. The first-order valence-corrected chi connectivity index (χ1v) is 7.27. The Hall–Kier alpha value is -2.66. The van der Waals surface area contributed by atoms with Crippen molar-refractivity contribution in [1.29, 1.82) is 0 Å². The van der Waals surface area contributed by atoms with Crippen molar-refractivity contribution in [2.24, 2.45) is 10.9 Å². The Morgan fingerprint density at radius 3 is 2.65 bits per heavy atom. The van der Waals surface area contributed by atoms with Gasteiger partial charge in [-0.05, 0) is 37.1 Å². The second-order valence-corrected chi connectivity index (χ2v) is 5.24. The number of benzene rings is 1. The number of amidine groups is 1. The summed E-state index contributed by atoms with van der Waals surface area (Å²) in [5.74, 6) is -0.632. The molecule has 0 spiro atoms. The van der Waals surface area contributed by atoms with Gasteiger partial charge in [-0.3, -0.25) is 0 Å². The van der Waals surface area contributed by atoms with E-state index in [-0.39, 0.29) is 11.0 Å². The van der Waals surface area contributed by atoms with Gasteiger partial charge in [-0.15, -0.1) is 0 Å². The average molecular weight is 330 g/mol. The van der Waals surface area contributed by atoms with E-state index < -0.39 is 5.97 Å². The molecule has 23 heavy (non-hydrogen) atoms. The van der Waals surface area contributed by atoms with Gasteiger partial charge in [0, 0.05) is 11.8 Å². The fourth-order valence-electron chi connectivity index (χ4n) is 2.00. The summed E-state index contributed by atoms with van der Waals surface area (Å²) in [5, 5.41) is 3.85. The predicted octanol–water partition coefficient (Wildman–Crippen LogP) is 3.23. The maximum absolute atomic E-state index is 11.7. The zero-order valence-electron chi connectivity index (χ0n) is 12.8. The van der Waals surface area contributed by atoms with Crippen LogP contribution in [0.1, 0.15) is 22.4 Å². The predicted molar refractivity (Wildman–Crippen MR) is 91.0 cm³/mol. The van der Waals surface area contributed by atoms with Gasteiger partial charge in [0.25, 0.3) is 0 Å². The molecule has 118 valence electrons. The highest BCUT2D eigenvalue weighted by Crippen LogP contribution is 2.18. The van der Waals surface area contributed by atoms with Crippen molar-refractivity contribution >= 4 is 29.5 Å². The van der Waals surface area contributed by atoms with Crippen LogP contribution >= 0.6 is 11.6 Å². The van der Waals surface area contributed by atoms with E-state index in [2.05, 4.69) is 10.1 Å². The molecule has 0 aliphatic carbocycles. The Kier molecular flexibility index (Phi) is 5.49. The van der Waals surface area contributed by atoms with Crippen molar-refractivity contribution in [2.75, 3.05) is 0 Å². The number of aromatic nitrogens is 1. The molecule has 0 unspecified atom stereocenters. The molecule has 5 nitrogen and oxygen atoms in total. The lowest BCUT2D eigenvalue weighted by atomic mass is 10.1. The van der Waals surface area contributed by atoms with Crippen LogP contribution in [0.3, 0.4) is 0 Å². The molecule has 6 heteroatoms. The van der Waals surface area contributed by atoms with E-state index >= 15 is 0 Å². The molecule has 2 aromatic rings. The third-order valence-corrected chi connectivity index (χ3v) is 3.28. The number of nitrogens with zero attached hydrogens (tertiary/aromatic N) is 2. The minimum atomic E-state index is -0.634. The zero-order chi connectivity index (χ0) is 16.8. The Labute approximate surface area is 139 Å². The summed E-state index contributed by atoms with van der Waals surface area (Å²) in [6, 6.07) is 11.2. The number of aryl methyl sites for hydroxylation is 2. The van der Waals surface area contributed by atoms with Gasteiger partial charge in [0.2, 0.25) is 0 Å². The van der Waals surface area contributed by atoms with Gasteiger partial charge in [-0.1, -0.05) is 47.1 Å². The monoisotopic (exact) mass is 329 g/mol. The molecule has 0 aliphatic rings. The van der Waals surface area contributed by atoms with E-state index in [4.69, 9.17) is 22.2 Å². The summed E-state index contributed by atoms with van der Waals surface area (Å²) in [5.41, 5.74) is 8.74. The minimum absolute atomic E-state index is 0.00135. The molecule has 0 saturated carbocycles. The fraction of sp³-hybridized carbons (Fsp3) is 0.118. The maximum atomic E-state index is 11.7. The standard InChI is InChI=1S/C17H16ClN3O2/c1-11-10-12(2)20-16(18)15(11)17(19)21-23-14(22)9-8-13-6-4-3-5-7-13/h3-10H,1-2H3,(H2,19,21)/b9-8+. The van der Waals surface area contributed by atoms with Gasteiger partial charge in [0.1, 0.15) is 5.15 Å². The Morgan fingerprint density at radius 1 is 1.30 bits per heavy atom. The van der Waals surface area contributed by atoms with E-state index in [0.29, 0.717) is 5.56 Å². The molecule has 0 aliphatic heterocycles. The molecular weight excluding hydrogens is 314 g/mol. The van der Waals surface area contributed by atoms with Crippen molar-refractivity contribution in [3.63, 3.8) is 0 Å². The van der Waals surface area contributed by atoms with Gasteiger partial charge in [-0.2, -0.15) is 0 Å². The molecule has 0 fully saturated rings. The maximum Gasteiger partial charge on any atom is 0.358 e. The van der Waals surface area contributed by atoms with Crippen molar-refractivity contribution in [2.45, 2.75) is 13.8 Å². The van der Waals surface area contributed by atoms with E-state index in [9.17, 15) is 4.79 Å². The molecule has 2 N–H and O–H groups in total. The van der Waals surface area contributed by atoms with E-state index in [1.54, 1.807) is 6.08 Å². The fourth-order valence-corrected chi connectivity index (χ4v) is 2.38. The van der Waals surface area contributed by atoms with Crippen molar-refractivity contribution in [3.8, 4) is 0 Å². The van der Waals surface area contributed by atoms with Crippen LogP contribution < -0.4 is 5.73 Å². The second kappa shape index (κ2) is 7.56. The van der Waals surface area contributed by atoms with Gasteiger partial charge >= 0.3 is 5.97 Å². The SMILES string of the molecule is Cc1cc(C)c(/C(N)=N\OC(=O)/C=C/c2ccccc2)c(Cl)n1. The zero-order valence-corrected chi connectivity index (χ0v) is 13.5. The normalized spacial score (nSPS) is 11.7. The number of carbonyl (C=O) groups is 1. The lowest BCUT2D eigenvalue weighted by Crippen LogP contribution is -2.17. The lowest BCUT2D eigenvalue weighted by Gasteiger charge is -2.07. The first-order chi connectivity index (χ1) is 11.0. The van der Waals surface area contributed by atoms with Crippen molar-refractivity contribution in [1.82, 2.24) is 4.98 Å². The topological polar surface area (TPSA) is 77.6 Å². The third-order valence-electron chi connectivity index (χ3n) is 3.00. The van der Waals surface area contributed by atoms with Crippen LogP contribution in [-0.4, -0.2) is 16.8 Å². The Morgan fingerprint density at radius 2 is 2.00 bits per heavy atom. The summed E-state index contributed by atoms with van der Waals surface area (Å²) < 4.78 is 0. The summed E-state index contributed by atoms with van der Waals surface area (Å²) in [7, 11) is 0. The molecule has 0 atom stereocenters. The molecule has 0 saturated heterocycles. The summed E-state index contributed by atoms with van der Waals surface area (Å²) in [6.07, 6.45) is 2.90. The lowest BCUT2D eigenvalue weighted by molar-refractivity contribution is -0.137. The Balaban J connectivity index is 2.08. The van der Waals surface area contributed by atoms with Gasteiger partial charge < -0.3 is 10.6 Å². The largest absolute Gasteiger partial charge is 0.380 e. The third kappa shape index (κ3) is 4.66. The molecule has 0 amide bonds. The highest BCUT2D eigenvalue weighted by atomic mass is 35.5. The summed E-state index contributed by atoms with van der Waals surface area (Å²) >= 11 is 6.06. The first-order valence-electron chi connectivity index (χ1n) is 6.89. The number of rotatable bonds is 4. The van der Waals surface area contributed by atoms with Crippen LogP contribution in [-0.2, 0) is 9.63 Å². The molecule has 0 bridgehead atoms. The molecule has 1 aromatic carbocycles. The number of hydrogen-bond acceptors (Lipinski definition) is 4. The molecular formula is C17H16ClN3O2. The quantitative estimate of drug-likeness (QED) is 0.233.